The SMILES string of the molecule is Cc1ccc(S(=O)(=O)N(CCC(=O)N2CCNCC2)CCN2C(C)CCCC2C)cc1C. The van der Waals surface area contributed by atoms with E-state index in [1.807, 2.05) is 24.8 Å². The number of nitrogens with zero attached hydrogens (tertiary/aromatic N) is 3. The highest BCUT2D eigenvalue weighted by Crippen LogP contribution is 2.24. The lowest BCUT2D eigenvalue weighted by Gasteiger charge is -2.40. The summed E-state index contributed by atoms with van der Waals surface area (Å²) in [5.41, 5.74) is 2.03. The van der Waals surface area contributed by atoms with Gasteiger partial charge in [-0.2, -0.15) is 4.31 Å². The Hall–Kier alpha value is -1.48. The average Bonchev–Trinajstić information content (AvgIpc) is 2.77. The van der Waals surface area contributed by atoms with Gasteiger partial charge in [-0.05, 0) is 63.8 Å². The predicted molar refractivity (Wildman–Crippen MR) is 128 cm³/mol. The minimum atomic E-state index is -3.68. The summed E-state index contributed by atoms with van der Waals surface area (Å²) in [6, 6.07) is 6.21. The second-order valence-corrected chi connectivity index (χ2v) is 11.3. The molecule has 0 spiro atoms. The van der Waals surface area contributed by atoms with Gasteiger partial charge in [0.15, 0.2) is 0 Å². The lowest BCUT2D eigenvalue weighted by molar-refractivity contribution is -0.131. The third kappa shape index (κ3) is 6.10. The first-order valence-electron chi connectivity index (χ1n) is 12.0. The fraction of sp³-hybridized carbons (Fsp3) is 0.708. The van der Waals surface area contributed by atoms with Crippen molar-refractivity contribution in [2.45, 2.75) is 70.4 Å². The molecule has 2 fully saturated rings. The molecule has 32 heavy (non-hydrogen) atoms. The topological polar surface area (TPSA) is 73.0 Å². The first-order valence-corrected chi connectivity index (χ1v) is 13.5. The van der Waals surface area contributed by atoms with E-state index >= 15 is 0 Å². The number of carbonyl (C=O) groups is 1. The normalized spacial score (nSPS) is 23.0. The van der Waals surface area contributed by atoms with E-state index in [4.69, 9.17) is 0 Å². The van der Waals surface area contributed by atoms with Crippen molar-refractivity contribution < 1.29 is 13.2 Å². The van der Waals surface area contributed by atoms with Crippen LogP contribution in [0.15, 0.2) is 23.1 Å². The number of piperidine rings is 1. The molecule has 180 valence electrons. The number of sulfonamides is 1. The first kappa shape index (κ1) is 25.1. The first-order chi connectivity index (χ1) is 15.2. The average molecular weight is 465 g/mol. The Bertz CT molecular complexity index is 873. The predicted octanol–water partition coefficient (Wildman–Crippen LogP) is 2.38. The van der Waals surface area contributed by atoms with E-state index < -0.39 is 10.0 Å². The Labute approximate surface area is 194 Å². The summed E-state index contributed by atoms with van der Waals surface area (Å²) in [6.45, 7) is 12.6. The summed E-state index contributed by atoms with van der Waals surface area (Å²) in [4.78, 5) is 17.3. The quantitative estimate of drug-likeness (QED) is 0.640. The van der Waals surface area contributed by atoms with Gasteiger partial charge in [-0.3, -0.25) is 9.69 Å². The van der Waals surface area contributed by atoms with E-state index in [9.17, 15) is 13.2 Å². The summed E-state index contributed by atoms with van der Waals surface area (Å²) in [6.07, 6.45) is 3.74. The molecule has 3 rings (SSSR count). The monoisotopic (exact) mass is 464 g/mol. The molecule has 0 aromatic heterocycles. The standard InChI is InChI=1S/C24H40N4O3S/c1-19-8-9-23(18-20(19)2)32(30,31)27(13-10-24(29)26-14-11-25-12-15-26)16-17-28-21(3)6-5-7-22(28)4/h8-9,18,21-22,25H,5-7,10-17H2,1-4H3. The fourth-order valence-electron chi connectivity index (χ4n) is 4.81. The third-order valence-electron chi connectivity index (χ3n) is 7.14. The minimum Gasteiger partial charge on any atom is -0.340 e. The van der Waals surface area contributed by atoms with Gasteiger partial charge in [0.1, 0.15) is 0 Å². The molecule has 0 radical (unpaired) electrons. The Balaban J connectivity index is 1.76. The van der Waals surface area contributed by atoms with Crippen LogP contribution < -0.4 is 5.32 Å². The van der Waals surface area contributed by atoms with Gasteiger partial charge in [-0.25, -0.2) is 8.42 Å². The molecule has 1 aromatic rings. The molecular formula is C24H40N4O3S. The molecule has 1 aromatic carbocycles. The van der Waals surface area contributed by atoms with E-state index in [2.05, 4.69) is 24.1 Å². The van der Waals surface area contributed by atoms with Crippen LogP contribution in [0, 0.1) is 13.8 Å². The highest BCUT2D eigenvalue weighted by molar-refractivity contribution is 7.89. The summed E-state index contributed by atoms with van der Waals surface area (Å²) >= 11 is 0. The molecule has 0 bridgehead atoms. The van der Waals surface area contributed by atoms with Crippen LogP contribution in [-0.4, -0.2) is 86.3 Å². The van der Waals surface area contributed by atoms with Crippen molar-refractivity contribution in [3.8, 4) is 0 Å². The molecule has 0 aliphatic carbocycles. The van der Waals surface area contributed by atoms with Crippen LogP contribution in [0.1, 0.15) is 50.7 Å². The van der Waals surface area contributed by atoms with E-state index in [-0.39, 0.29) is 18.9 Å². The Morgan fingerprint density at radius 1 is 1.06 bits per heavy atom. The van der Waals surface area contributed by atoms with Gasteiger partial charge < -0.3 is 10.2 Å². The molecule has 2 aliphatic rings. The Morgan fingerprint density at radius 2 is 1.72 bits per heavy atom. The van der Waals surface area contributed by atoms with Crippen LogP contribution in [0.25, 0.3) is 0 Å². The lowest BCUT2D eigenvalue weighted by atomic mass is 9.98. The van der Waals surface area contributed by atoms with Crippen molar-refractivity contribution in [2.75, 3.05) is 45.8 Å². The molecule has 2 atom stereocenters. The molecule has 2 unspecified atom stereocenters. The summed E-state index contributed by atoms with van der Waals surface area (Å²) in [5.74, 6) is 0.0338. The molecule has 8 heteroatoms. The van der Waals surface area contributed by atoms with E-state index in [0.29, 0.717) is 43.2 Å². The summed E-state index contributed by atoms with van der Waals surface area (Å²) in [5, 5.41) is 3.25. The zero-order chi connectivity index (χ0) is 23.3. The number of carbonyl (C=O) groups excluding carboxylic acids is 1. The second kappa shape index (κ2) is 11.1. The maximum atomic E-state index is 13.6. The van der Waals surface area contributed by atoms with Gasteiger partial charge in [-0.1, -0.05) is 12.5 Å². The number of rotatable bonds is 8. The van der Waals surface area contributed by atoms with Gasteiger partial charge in [-0.15, -0.1) is 0 Å². The van der Waals surface area contributed by atoms with Crippen LogP contribution in [0.4, 0.5) is 0 Å². The van der Waals surface area contributed by atoms with Crippen molar-refractivity contribution in [1.29, 1.82) is 0 Å². The van der Waals surface area contributed by atoms with Crippen LogP contribution in [-0.2, 0) is 14.8 Å². The Kier molecular flexibility index (Phi) is 8.72. The zero-order valence-corrected chi connectivity index (χ0v) is 21.0. The largest absolute Gasteiger partial charge is 0.340 e. The van der Waals surface area contributed by atoms with Crippen LogP contribution >= 0.6 is 0 Å². The lowest BCUT2D eigenvalue weighted by Crippen LogP contribution is -2.49. The molecule has 7 nitrogen and oxygen atoms in total. The van der Waals surface area contributed by atoms with Gasteiger partial charge in [0.25, 0.3) is 0 Å². The van der Waals surface area contributed by atoms with Crippen molar-refractivity contribution in [3.63, 3.8) is 0 Å². The Morgan fingerprint density at radius 3 is 2.34 bits per heavy atom. The number of likely N-dealkylation sites (tertiary alicyclic amines) is 1. The van der Waals surface area contributed by atoms with Crippen molar-refractivity contribution in [1.82, 2.24) is 19.4 Å². The smallest absolute Gasteiger partial charge is 0.243 e. The number of piperazine rings is 1. The molecule has 1 N–H and O–H groups in total. The van der Waals surface area contributed by atoms with Crippen molar-refractivity contribution >= 4 is 15.9 Å². The van der Waals surface area contributed by atoms with E-state index in [1.165, 1.54) is 10.7 Å². The van der Waals surface area contributed by atoms with E-state index in [1.54, 1.807) is 12.1 Å². The number of hydrogen-bond acceptors (Lipinski definition) is 5. The van der Waals surface area contributed by atoms with Gasteiger partial charge >= 0.3 is 0 Å². The molecule has 2 saturated heterocycles. The third-order valence-corrected chi connectivity index (χ3v) is 9.04. The second-order valence-electron chi connectivity index (χ2n) is 9.40. The molecule has 2 heterocycles. The molecular weight excluding hydrogens is 424 g/mol. The van der Waals surface area contributed by atoms with Gasteiger partial charge in [0.2, 0.25) is 15.9 Å². The van der Waals surface area contributed by atoms with Gasteiger partial charge in [0.05, 0.1) is 4.90 Å². The number of nitrogens with one attached hydrogen (secondary N) is 1. The summed E-state index contributed by atoms with van der Waals surface area (Å²) in [7, 11) is -3.68. The highest BCUT2D eigenvalue weighted by atomic mass is 32.2. The number of hydrogen-bond donors (Lipinski definition) is 1. The number of aryl methyl sites for hydroxylation is 2. The minimum absolute atomic E-state index is 0.0338. The van der Waals surface area contributed by atoms with Crippen LogP contribution in [0.5, 0.6) is 0 Å². The molecule has 2 aliphatic heterocycles. The number of benzene rings is 1. The number of amides is 1. The highest BCUT2D eigenvalue weighted by Gasteiger charge is 2.30. The molecule has 1 amide bonds. The van der Waals surface area contributed by atoms with Crippen LogP contribution in [0.2, 0.25) is 0 Å². The maximum Gasteiger partial charge on any atom is 0.243 e. The van der Waals surface area contributed by atoms with E-state index in [0.717, 1.165) is 37.1 Å². The zero-order valence-electron chi connectivity index (χ0n) is 20.1. The maximum absolute atomic E-state index is 13.6. The van der Waals surface area contributed by atoms with Crippen LogP contribution in [0.3, 0.4) is 0 Å². The molecule has 0 saturated carbocycles. The van der Waals surface area contributed by atoms with Crippen molar-refractivity contribution in [3.05, 3.63) is 29.3 Å². The van der Waals surface area contributed by atoms with Gasteiger partial charge in [0, 0.05) is 64.3 Å². The summed E-state index contributed by atoms with van der Waals surface area (Å²) < 4.78 is 28.7. The fourth-order valence-corrected chi connectivity index (χ4v) is 6.33. The van der Waals surface area contributed by atoms with Crippen molar-refractivity contribution in [2.24, 2.45) is 0 Å².